The molecule has 0 aliphatic carbocycles. The molecule has 1 aromatic carbocycles. The van der Waals surface area contributed by atoms with Gasteiger partial charge >= 0.3 is 11.9 Å². The second-order valence-electron chi connectivity index (χ2n) is 4.70. The number of benzene rings is 1. The van der Waals surface area contributed by atoms with Crippen LogP contribution in [0.2, 0.25) is 0 Å². The minimum Gasteiger partial charge on any atom is -0.408 e. The second-order valence-corrected chi connectivity index (χ2v) is 5.67. The van der Waals surface area contributed by atoms with Gasteiger partial charge in [0.15, 0.2) is 5.58 Å². The average molecular weight is 358 g/mol. The third-order valence-electron chi connectivity index (χ3n) is 3.05. The molecule has 1 amide bonds. The number of nitrogens with zero attached hydrogens (tertiary/aromatic N) is 3. The summed E-state index contributed by atoms with van der Waals surface area (Å²) in [7, 11) is 0. The van der Waals surface area contributed by atoms with Gasteiger partial charge in [-0.2, -0.15) is 13.2 Å². The maximum atomic E-state index is 12.4. The molecule has 3 aromatic rings. The minimum absolute atomic E-state index is 0.0204. The number of hydrogen-bond donors (Lipinski definition) is 1. The van der Waals surface area contributed by atoms with Gasteiger partial charge in [0.05, 0.1) is 5.52 Å². The molecule has 3 rings (SSSR count). The summed E-state index contributed by atoms with van der Waals surface area (Å²) in [5.74, 6) is -1.20. The van der Waals surface area contributed by atoms with Crippen molar-refractivity contribution in [3.05, 3.63) is 39.8 Å². The first-order valence-corrected chi connectivity index (χ1v) is 7.45. The molecule has 0 unspecified atom stereocenters. The Hall–Kier alpha value is -2.69. The number of aromatic nitrogens is 3. The number of amides is 1. The summed E-state index contributed by atoms with van der Waals surface area (Å²) < 4.78 is 43.5. The zero-order valence-corrected chi connectivity index (χ0v) is 12.6. The molecule has 0 aliphatic rings. The molecule has 0 aliphatic heterocycles. The van der Waals surface area contributed by atoms with Gasteiger partial charge in [0.25, 0.3) is 0 Å². The zero-order valence-electron chi connectivity index (χ0n) is 11.8. The number of alkyl halides is 3. The second kappa shape index (κ2) is 6.07. The van der Waals surface area contributed by atoms with Crippen molar-refractivity contribution in [2.45, 2.75) is 19.1 Å². The normalized spacial score (nSPS) is 11.8. The Kier molecular flexibility index (Phi) is 4.09. The number of carbonyl (C=O) groups excluding carboxylic acids is 1. The van der Waals surface area contributed by atoms with Gasteiger partial charge in [-0.25, -0.2) is 4.79 Å². The Morgan fingerprint density at radius 3 is 2.75 bits per heavy atom. The summed E-state index contributed by atoms with van der Waals surface area (Å²) in [5.41, 5.74) is 0.924. The molecule has 0 fully saturated rings. The van der Waals surface area contributed by atoms with Crippen LogP contribution in [0.1, 0.15) is 11.4 Å². The topological polar surface area (TPSA) is 90.0 Å². The molecule has 126 valence electrons. The molecule has 7 nitrogen and oxygen atoms in total. The predicted octanol–water partition coefficient (Wildman–Crippen LogP) is 2.49. The highest BCUT2D eigenvalue weighted by Crippen LogP contribution is 2.32. The van der Waals surface area contributed by atoms with Gasteiger partial charge in [0.2, 0.25) is 16.0 Å². The molecular formula is C13H9F3N4O3S. The molecule has 0 spiro atoms. The molecule has 0 saturated heterocycles. The molecule has 24 heavy (non-hydrogen) atoms. The Labute approximate surface area is 135 Å². The first kappa shape index (κ1) is 16.2. The average Bonchev–Trinajstić information content (AvgIpc) is 3.09. The highest BCUT2D eigenvalue weighted by Gasteiger charge is 2.35. The Morgan fingerprint density at radius 1 is 1.29 bits per heavy atom. The largest absolute Gasteiger partial charge is 0.445 e. The molecule has 2 aromatic heterocycles. The SMILES string of the molecule is O=C(CCn1c(=O)oc2ccccc21)Nc1nnc(C(F)(F)F)s1. The lowest BCUT2D eigenvalue weighted by molar-refractivity contribution is -0.138. The molecule has 0 saturated carbocycles. The minimum atomic E-state index is -4.61. The van der Waals surface area contributed by atoms with E-state index in [1.807, 2.05) is 0 Å². The van der Waals surface area contributed by atoms with Crippen LogP contribution < -0.4 is 11.1 Å². The summed E-state index contributed by atoms with van der Waals surface area (Å²) in [6, 6.07) is 6.70. The van der Waals surface area contributed by atoms with Crippen molar-refractivity contribution < 1.29 is 22.4 Å². The van der Waals surface area contributed by atoms with E-state index in [0.717, 1.165) is 0 Å². The maximum absolute atomic E-state index is 12.4. The number of carbonyl (C=O) groups is 1. The van der Waals surface area contributed by atoms with Crippen LogP contribution in [0.4, 0.5) is 18.3 Å². The molecule has 11 heteroatoms. The molecule has 0 atom stereocenters. The van der Waals surface area contributed by atoms with Crippen LogP contribution in [0.25, 0.3) is 11.1 Å². The number of fused-ring (bicyclic) bond motifs is 1. The lowest BCUT2D eigenvalue weighted by Gasteiger charge is -2.02. The van der Waals surface area contributed by atoms with Gasteiger partial charge < -0.3 is 9.73 Å². The van der Waals surface area contributed by atoms with Gasteiger partial charge in [0.1, 0.15) is 0 Å². The van der Waals surface area contributed by atoms with E-state index < -0.39 is 22.8 Å². The Morgan fingerprint density at radius 2 is 2.04 bits per heavy atom. The predicted molar refractivity (Wildman–Crippen MR) is 78.6 cm³/mol. The highest BCUT2D eigenvalue weighted by molar-refractivity contribution is 7.15. The van der Waals surface area contributed by atoms with E-state index >= 15 is 0 Å². The monoisotopic (exact) mass is 358 g/mol. The van der Waals surface area contributed by atoms with Crippen molar-refractivity contribution in [3.63, 3.8) is 0 Å². The summed E-state index contributed by atoms with van der Waals surface area (Å²) >= 11 is 0.231. The quantitative estimate of drug-likeness (QED) is 0.774. The number of oxazole rings is 1. The Bertz CT molecular complexity index is 944. The van der Waals surface area contributed by atoms with Gasteiger partial charge in [-0.15, -0.1) is 10.2 Å². The van der Waals surface area contributed by atoms with E-state index in [9.17, 15) is 22.8 Å². The fourth-order valence-corrected chi connectivity index (χ4v) is 2.64. The van der Waals surface area contributed by atoms with E-state index in [2.05, 4.69) is 15.5 Å². The zero-order chi connectivity index (χ0) is 17.3. The molecular weight excluding hydrogens is 349 g/mol. The van der Waals surface area contributed by atoms with E-state index in [4.69, 9.17) is 4.42 Å². The maximum Gasteiger partial charge on any atom is 0.445 e. The molecule has 2 heterocycles. The molecule has 0 radical (unpaired) electrons. The smallest absolute Gasteiger partial charge is 0.408 e. The number of para-hydroxylation sites is 2. The lowest BCUT2D eigenvalue weighted by Crippen LogP contribution is -2.19. The van der Waals surface area contributed by atoms with Gasteiger partial charge in [-0.3, -0.25) is 9.36 Å². The van der Waals surface area contributed by atoms with Crippen molar-refractivity contribution in [3.8, 4) is 0 Å². The van der Waals surface area contributed by atoms with Crippen LogP contribution in [0, 0.1) is 0 Å². The Balaban J connectivity index is 1.66. The fourth-order valence-electron chi connectivity index (χ4n) is 2.01. The standard InChI is InChI=1S/C13H9F3N4O3S/c14-13(15,16)10-18-19-11(24-10)17-9(21)5-6-20-7-3-1-2-4-8(7)23-12(20)22/h1-4H,5-6H2,(H,17,19,21). The number of hydrogen-bond acceptors (Lipinski definition) is 6. The van der Waals surface area contributed by atoms with Gasteiger partial charge in [-0.05, 0) is 12.1 Å². The number of nitrogens with one attached hydrogen (secondary N) is 1. The summed E-state index contributed by atoms with van der Waals surface area (Å²) in [5, 5.41) is 7.06. The molecule has 1 N–H and O–H groups in total. The first-order valence-electron chi connectivity index (χ1n) is 6.63. The highest BCUT2D eigenvalue weighted by atomic mass is 32.1. The number of halogens is 3. The summed E-state index contributed by atoms with van der Waals surface area (Å²) in [6.07, 6.45) is -4.74. The first-order chi connectivity index (χ1) is 11.3. The van der Waals surface area contributed by atoms with Crippen LogP contribution in [0.5, 0.6) is 0 Å². The van der Waals surface area contributed by atoms with Crippen LogP contribution in [-0.2, 0) is 17.5 Å². The van der Waals surface area contributed by atoms with Crippen LogP contribution in [-0.4, -0.2) is 20.7 Å². The van der Waals surface area contributed by atoms with E-state index in [-0.39, 0.29) is 29.4 Å². The lowest BCUT2D eigenvalue weighted by atomic mass is 10.3. The molecule has 0 bridgehead atoms. The van der Waals surface area contributed by atoms with Gasteiger partial charge in [-0.1, -0.05) is 23.5 Å². The summed E-state index contributed by atoms with van der Waals surface area (Å²) in [4.78, 5) is 23.6. The van der Waals surface area contributed by atoms with Crippen molar-refractivity contribution in [1.82, 2.24) is 14.8 Å². The van der Waals surface area contributed by atoms with Gasteiger partial charge in [0, 0.05) is 13.0 Å². The van der Waals surface area contributed by atoms with Crippen molar-refractivity contribution in [2.75, 3.05) is 5.32 Å². The van der Waals surface area contributed by atoms with Crippen molar-refractivity contribution >= 4 is 33.5 Å². The summed E-state index contributed by atoms with van der Waals surface area (Å²) in [6.45, 7) is 0.0204. The van der Waals surface area contributed by atoms with Crippen molar-refractivity contribution in [2.24, 2.45) is 0 Å². The fraction of sp³-hybridized carbons (Fsp3) is 0.231. The number of anilines is 1. The van der Waals surface area contributed by atoms with E-state index in [1.54, 1.807) is 24.3 Å². The van der Waals surface area contributed by atoms with Crippen LogP contribution >= 0.6 is 11.3 Å². The van der Waals surface area contributed by atoms with Crippen LogP contribution in [0.3, 0.4) is 0 Å². The van der Waals surface area contributed by atoms with E-state index in [0.29, 0.717) is 11.1 Å². The third-order valence-corrected chi connectivity index (χ3v) is 3.93. The van der Waals surface area contributed by atoms with Crippen LogP contribution in [0.15, 0.2) is 33.5 Å². The number of aryl methyl sites for hydroxylation is 1. The third kappa shape index (κ3) is 3.30. The number of rotatable bonds is 4. The van der Waals surface area contributed by atoms with E-state index in [1.165, 1.54) is 4.57 Å². The van der Waals surface area contributed by atoms with Crippen molar-refractivity contribution in [1.29, 1.82) is 0 Å².